The quantitative estimate of drug-likeness (QED) is 0.514. The maximum atomic E-state index is 12.2. The Morgan fingerprint density at radius 2 is 1.69 bits per heavy atom. The Morgan fingerprint density at radius 1 is 1.07 bits per heavy atom. The molecule has 2 N–H and O–H groups in total. The van der Waals surface area contributed by atoms with Gasteiger partial charge in [0, 0.05) is 5.56 Å². The number of carbonyl (C=O) groups excluding carboxylic acids is 1. The molecule has 0 heterocycles. The lowest BCUT2D eigenvalue weighted by Crippen LogP contribution is -2.28. The van der Waals surface area contributed by atoms with E-state index in [-0.39, 0.29) is 22.8 Å². The maximum Gasteiger partial charge on any atom is 0.251 e. The zero-order valence-electron chi connectivity index (χ0n) is 16.9. The molecule has 6 nitrogen and oxygen atoms in total. The van der Waals surface area contributed by atoms with Crippen molar-refractivity contribution in [3.05, 3.63) is 59.7 Å². The number of carbonyl (C=O) groups is 1. The summed E-state index contributed by atoms with van der Waals surface area (Å²) < 4.78 is 31.8. The minimum absolute atomic E-state index is 0.0475. The van der Waals surface area contributed by atoms with Gasteiger partial charge in [-0.05, 0) is 47.4 Å². The Hall–Kier alpha value is -2.82. The van der Waals surface area contributed by atoms with Gasteiger partial charge in [0.1, 0.15) is 12.4 Å². The van der Waals surface area contributed by atoms with Gasteiger partial charge in [-0.3, -0.25) is 4.79 Å². The Morgan fingerprint density at radius 3 is 2.24 bits per heavy atom. The van der Waals surface area contributed by atoms with Crippen LogP contribution >= 0.6 is 0 Å². The number of rotatable bonds is 8. The molecule has 2 aromatic rings. The largest absolute Gasteiger partial charge is 0.492 e. The van der Waals surface area contributed by atoms with Crippen LogP contribution in [0.3, 0.4) is 0 Å². The van der Waals surface area contributed by atoms with Gasteiger partial charge in [0.25, 0.3) is 5.91 Å². The molecule has 0 atom stereocenters. The minimum Gasteiger partial charge on any atom is -0.492 e. The fraction of sp³-hybridized carbons (Fsp3) is 0.318. The minimum atomic E-state index is -3.67. The van der Waals surface area contributed by atoms with Gasteiger partial charge in [0.15, 0.2) is 0 Å². The highest BCUT2D eigenvalue weighted by Crippen LogP contribution is 2.24. The Balaban J connectivity index is 1.83. The van der Waals surface area contributed by atoms with Gasteiger partial charge in [0.2, 0.25) is 10.0 Å². The fourth-order valence-corrected chi connectivity index (χ4v) is 3.43. The number of ether oxygens (including phenoxy) is 1. The van der Waals surface area contributed by atoms with Crippen molar-refractivity contribution in [2.24, 2.45) is 0 Å². The first-order valence-corrected chi connectivity index (χ1v) is 10.7. The molecule has 0 radical (unpaired) electrons. The number of terminal acetylenes is 1. The van der Waals surface area contributed by atoms with Crippen LogP contribution in [0.15, 0.2) is 53.4 Å². The highest BCUT2D eigenvalue weighted by atomic mass is 32.2. The summed E-state index contributed by atoms with van der Waals surface area (Å²) in [7, 11) is -3.67. The highest BCUT2D eigenvalue weighted by Gasteiger charge is 2.14. The summed E-state index contributed by atoms with van der Waals surface area (Å²) in [4.78, 5) is 12.2. The molecule has 0 aliphatic rings. The standard InChI is InChI=1S/C22H26N2O4S/c1-5-14-24-29(26,27)20-12-6-17(7-13-20)21(25)23-15-16-28-19-10-8-18(9-11-19)22(2,3)4/h1,6-13,24H,14-16H2,2-4H3,(H,23,25). The third-order valence-corrected chi connectivity index (χ3v) is 5.58. The third kappa shape index (κ3) is 6.63. The van der Waals surface area contributed by atoms with E-state index in [9.17, 15) is 13.2 Å². The van der Waals surface area contributed by atoms with E-state index in [0.717, 1.165) is 5.75 Å². The van der Waals surface area contributed by atoms with Crippen molar-refractivity contribution in [1.29, 1.82) is 0 Å². The molecule has 2 rings (SSSR count). The van der Waals surface area contributed by atoms with Gasteiger partial charge in [-0.15, -0.1) is 6.42 Å². The lowest BCUT2D eigenvalue weighted by atomic mass is 9.87. The summed E-state index contributed by atoms with van der Waals surface area (Å²) in [5.41, 5.74) is 1.66. The molecule has 29 heavy (non-hydrogen) atoms. The Kier molecular flexibility index (Phi) is 7.43. The molecular formula is C22H26N2O4S. The number of sulfonamides is 1. The molecule has 7 heteroatoms. The van der Waals surface area contributed by atoms with Crippen molar-refractivity contribution in [2.75, 3.05) is 19.7 Å². The lowest BCUT2D eigenvalue weighted by Gasteiger charge is -2.19. The van der Waals surface area contributed by atoms with E-state index in [2.05, 4.69) is 36.7 Å². The van der Waals surface area contributed by atoms with Crippen LogP contribution in [0.25, 0.3) is 0 Å². The van der Waals surface area contributed by atoms with Crippen LogP contribution in [-0.4, -0.2) is 34.0 Å². The SMILES string of the molecule is C#CCNS(=O)(=O)c1ccc(C(=O)NCCOc2ccc(C(C)(C)C)cc2)cc1. The summed E-state index contributed by atoms with van der Waals surface area (Å²) in [6, 6.07) is 13.5. The van der Waals surface area contributed by atoms with E-state index >= 15 is 0 Å². The van der Waals surface area contributed by atoms with E-state index in [1.54, 1.807) is 0 Å². The van der Waals surface area contributed by atoms with E-state index < -0.39 is 10.0 Å². The first kappa shape index (κ1) is 22.5. The number of benzene rings is 2. The van der Waals surface area contributed by atoms with Crippen molar-refractivity contribution in [3.63, 3.8) is 0 Å². The highest BCUT2D eigenvalue weighted by molar-refractivity contribution is 7.89. The molecule has 2 aromatic carbocycles. The summed E-state index contributed by atoms with van der Waals surface area (Å²) in [6.07, 6.45) is 5.06. The number of hydrogen-bond acceptors (Lipinski definition) is 4. The zero-order valence-corrected chi connectivity index (χ0v) is 17.7. The molecule has 0 aliphatic carbocycles. The van der Waals surface area contributed by atoms with Gasteiger partial charge in [-0.1, -0.05) is 38.8 Å². The second-order valence-electron chi connectivity index (χ2n) is 7.43. The predicted octanol–water partition coefficient (Wildman–Crippen LogP) is 2.70. The van der Waals surface area contributed by atoms with E-state index in [0.29, 0.717) is 18.7 Å². The molecule has 0 spiro atoms. The lowest BCUT2D eigenvalue weighted by molar-refractivity contribution is 0.0947. The second-order valence-corrected chi connectivity index (χ2v) is 9.20. The molecule has 0 aromatic heterocycles. The van der Waals surface area contributed by atoms with Crippen LogP contribution < -0.4 is 14.8 Å². The molecule has 0 saturated heterocycles. The van der Waals surface area contributed by atoms with Gasteiger partial charge >= 0.3 is 0 Å². The van der Waals surface area contributed by atoms with Gasteiger partial charge in [-0.25, -0.2) is 8.42 Å². The predicted molar refractivity (Wildman–Crippen MR) is 113 cm³/mol. The molecule has 0 aliphatic heterocycles. The number of amides is 1. The first-order chi connectivity index (χ1) is 13.6. The van der Waals surface area contributed by atoms with Crippen LogP contribution in [-0.2, 0) is 15.4 Å². The second kappa shape index (κ2) is 9.59. The van der Waals surface area contributed by atoms with Gasteiger partial charge in [-0.2, -0.15) is 4.72 Å². The number of nitrogens with one attached hydrogen (secondary N) is 2. The Labute approximate surface area is 172 Å². The van der Waals surface area contributed by atoms with Crippen molar-refractivity contribution in [2.45, 2.75) is 31.1 Å². The fourth-order valence-electron chi connectivity index (χ4n) is 2.49. The van der Waals surface area contributed by atoms with E-state index in [1.165, 1.54) is 29.8 Å². The van der Waals surface area contributed by atoms with Crippen LogP contribution in [0.5, 0.6) is 5.75 Å². The molecule has 1 amide bonds. The molecule has 0 saturated carbocycles. The normalized spacial score (nSPS) is 11.5. The molecule has 0 unspecified atom stereocenters. The van der Waals surface area contributed by atoms with Crippen molar-refractivity contribution >= 4 is 15.9 Å². The molecule has 0 bridgehead atoms. The van der Waals surface area contributed by atoms with Crippen LogP contribution in [0, 0.1) is 12.3 Å². The van der Waals surface area contributed by atoms with Crippen molar-refractivity contribution in [3.8, 4) is 18.1 Å². The first-order valence-electron chi connectivity index (χ1n) is 9.18. The summed E-state index contributed by atoms with van der Waals surface area (Å²) in [5.74, 6) is 2.64. The Bertz CT molecular complexity index is 967. The maximum absolute atomic E-state index is 12.2. The monoisotopic (exact) mass is 414 g/mol. The molecule has 154 valence electrons. The van der Waals surface area contributed by atoms with Gasteiger partial charge < -0.3 is 10.1 Å². The summed E-state index contributed by atoms with van der Waals surface area (Å²) >= 11 is 0. The molecular weight excluding hydrogens is 388 g/mol. The van der Waals surface area contributed by atoms with E-state index in [4.69, 9.17) is 11.2 Å². The average Bonchev–Trinajstić information content (AvgIpc) is 2.69. The topological polar surface area (TPSA) is 84.5 Å². The smallest absolute Gasteiger partial charge is 0.251 e. The number of hydrogen-bond donors (Lipinski definition) is 2. The van der Waals surface area contributed by atoms with Crippen LogP contribution in [0.2, 0.25) is 0 Å². The zero-order chi connectivity index (χ0) is 21.5. The summed E-state index contributed by atoms with van der Waals surface area (Å²) in [5, 5.41) is 2.74. The molecule has 0 fully saturated rings. The van der Waals surface area contributed by atoms with Crippen molar-refractivity contribution in [1.82, 2.24) is 10.0 Å². The van der Waals surface area contributed by atoms with Crippen molar-refractivity contribution < 1.29 is 17.9 Å². The van der Waals surface area contributed by atoms with Gasteiger partial charge in [0.05, 0.1) is 18.0 Å². The van der Waals surface area contributed by atoms with Crippen LogP contribution in [0.1, 0.15) is 36.7 Å². The van der Waals surface area contributed by atoms with Crippen LogP contribution in [0.4, 0.5) is 0 Å². The third-order valence-electron chi connectivity index (χ3n) is 4.17. The van der Waals surface area contributed by atoms with E-state index in [1.807, 2.05) is 24.3 Å². The average molecular weight is 415 g/mol. The summed E-state index contributed by atoms with van der Waals surface area (Å²) in [6.45, 7) is 6.99.